The number of aromatic nitrogens is 1. The number of hydrogen-bond acceptors (Lipinski definition) is 5. The number of ether oxygens (including phenoxy) is 2. The van der Waals surface area contributed by atoms with E-state index in [0.717, 1.165) is 11.4 Å². The summed E-state index contributed by atoms with van der Waals surface area (Å²) >= 11 is 0. The number of nitrogens with zero attached hydrogens (tertiary/aromatic N) is 2. The number of benzene rings is 1. The van der Waals surface area contributed by atoms with E-state index in [4.69, 9.17) is 9.47 Å². The van der Waals surface area contributed by atoms with Crippen molar-refractivity contribution in [1.29, 1.82) is 0 Å². The summed E-state index contributed by atoms with van der Waals surface area (Å²) in [5.74, 6) is 0.806. The molecule has 1 aromatic heterocycles. The van der Waals surface area contributed by atoms with Crippen LogP contribution < -0.4 is 19.7 Å². The van der Waals surface area contributed by atoms with E-state index in [9.17, 15) is 9.59 Å². The molecule has 0 spiro atoms. The highest BCUT2D eigenvalue weighted by Gasteiger charge is 2.35. The summed E-state index contributed by atoms with van der Waals surface area (Å²) in [6.45, 7) is 1.89. The summed E-state index contributed by atoms with van der Waals surface area (Å²) in [4.78, 5) is 30.7. The van der Waals surface area contributed by atoms with Crippen LogP contribution in [0.5, 0.6) is 11.5 Å². The molecular formula is C20H21N3O4. The van der Waals surface area contributed by atoms with E-state index in [1.165, 1.54) is 0 Å². The molecule has 7 nitrogen and oxygen atoms in total. The van der Waals surface area contributed by atoms with Gasteiger partial charge in [-0.2, -0.15) is 0 Å². The number of pyridine rings is 1. The average Bonchev–Trinajstić information content (AvgIpc) is 3.10. The van der Waals surface area contributed by atoms with E-state index in [0.29, 0.717) is 44.2 Å². The first kappa shape index (κ1) is 17.3. The van der Waals surface area contributed by atoms with Gasteiger partial charge in [0.2, 0.25) is 11.8 Å². The van der Waals surface area contributed by atoms with E-state index in [1.807, 2.05) is 24.3 Å². The highest BCUT2D eigenvalue weighted by Crippen LogP contribution is 2.35. The van der Waals surface area contributed by atoms with Crippen molar-refractivity contribution in [2.24, 2.45) is 5.92 Å². The van der Waals surface area contributed by atoms with Gasteiger partial charge in [0.25, 0.3) is 0 Å². The van der Waals surface area contributed by atoms with E-state index < -0.39 is 0 Å². The van der Waals surface area contributed by atoms with Gasteiger partial charge in [0.05, 0.1) is 5.92 Å². The Labute approximate surface area is 157 Å². The molecule has 27 heavy (non-hydrogen) atoms. The standard InChI is InChI=1S/C20H21N3O4/c24-19-11-14(20(25)22-8-6-15-3-1-2-7-21-15)13-23(19)16-4-5-17-18(12-16)27-10-9-26-17/h1-5,7,12,14H,6,8-11,13H2,(H,22,25). The predicted molar refractivity (Wildman–Crippen MR) is 98.8 cm³/mol. The third-order valence-corrected chi connectivity index (χ3v) is 4.74. The highest BCUT2D eigenvalue weighted by molar-refractivity contribution is 6.00. The molecule has 0 saturated carbocycles. The Morgan fingerprint density at radius 2 is 2.04 bits per heavy atom. The van der Waals surface area contributed by atoms with Gasteiger partial charge in [-0.25, -0.2) is 0 Å². The molecule has 0 radical (unpaired) electrons. The topological polar surface area (TPSA) is 80.8 Å². The number of hydrogen-bond donors (Lipinski definition) is 1. The molecule has 4 rings (SSSR count). The smallest absolute Gasteiger partial charge is 0.227 e. The lowest BCUT2D eigenvalue weighted by Gasteiger charge is -2.22. The quantitative estimate of drug-likeness (QED) is 0.868. The van der Waals surface area contributed by atoms with E-state index in [-0.39, 0.29) is 24.2 Å². The zero-order valence-corrected chi connectivity index (χ0v) is 14.9. The van der Waals surface area contributed by atoms with Crippen molar-refractivity contribution in [1.82, 2.24) is 10.3 Å². The minimum Gasteiger partial charge on any atom is -0.486 e. The molecule has 0 aliphatic carbocycles. The van der Waals surface area contributed by atoms with Gasteiger partial charge >= 0.3 is 0 Å². The number of carbonyl (C=O) groups excluding carboxylic acids is 2. The fourth-order valence-electron chi connectivity index (χ4n) is 3.34. The Balaban J connectivity index is 1.35. The van der Waals surface area contributed by atoms with Gasteiger partial charge in [0.15, 0.2) is 11.5 Å². The van der Waals surface area contributed by atoms with E-state index in [1.54, 1.807) is 23.2 Å². The summed E-state index contributed by atoms with van der Waals surface area (Å²) in [5, 5.41) is 2.91. The lowest BCUT2D eigenvalue weighted by molar-refractivity contribution is -0.126. The molecule has 140 valence electrons. The fraction of sp³-hybridized carbons (Fsp3) is 0.350. The normalized spacial score (nSPS) is 18.4. The lowest BCUT2D eigenvalue weighted by Crippen LogP contribution is -2.34. The number of anilines is 1. The molecule has 1 saturated heterocycles. The van der Waals surface area contributed by atoms with Crippen molar-refractivity contribution in [3.8, 4) is 11.5 Å². The third kappa shape index (κ3) is 3.86. The van der Waals surface area contributed by atoms with Crippen molar-refractivity contribution >= 4 is 17.5 Å². The van der Waals surface area contributed by atoms with Gasteiger partial charge in [0, 0.05) is 49.6 Å². The van der Waals surface area contributed by atoms with Crippen molar-refractivity contribution in [3.05, 3.63) is 48.3 Å². The van der Waals surface area contributed by atoms with Gasteiger partial charge in [0.1, 0.15) is 13.2 Å². The maximum atomic E-state index is 12.4. The molecule has 2 amide bonds. The first-order valence-electron chi connectivity index (χ1n) is 9.08. The van der Waals surface area contributed by atoms with Crippen molar-refractivity contribution in [2.45, 2.75) is 12.8 Å². The average molecular weight is 367 g/mol. The molecule has 1 N–H and O–H groups in total. The summed E-state index contributed by atoms with van der Waals surface area (Å²) in [7, 11) is 0. The monoisotopic (exact) mass is 367 g/mol. The van der Waals surface area contributed by atoms with Gasteiger partial charge in [-0.15, -0.1) is 0 Å². The summed E-state index contributed by atoms with van der Waals surface area (Å²) in [6.07, 6.45) is 2.61. The van der Waals surface area contributed by atoms with Crippen LogP contribution in [0.25, 0.3) is 0 Å². The number of rotatable bonds is 5. The molecule has 3 heterocycles. The van der Waals surface area contributed by atoms with Crippen LogP contribution in [0.3, 0.4) is 0 Å². The highest BCUT2D eigenvalue weighted by atomic mass is 16.6. The van der Waals surface area contributed by atoms with Gasteiger partial charge in [-0.1, -0.05) is 6.07 Å². The van der Waals surface area contributed by atoms with E-state index in [2.05, 4.69) is 10.3 Å². The van der Waals surface area contributed by atoms with Crippen LogP contribution in [0.2, 0.25) is 0 Å². The molecule has 1 unspecified atom stereocenters. The summed E-state index contributed by atoms with van der Waals surface area (Å²) in [6, 6.07) is 11.1. The van der Waals surface area contributed by atoms with Crippen LogP contribution in [0, 0.1) is 5.92 Å². The van der Waals surface area contributed by atoms with Crippen molar-refractivity contribution in [3.63, 3.8) is 0 Å². The Hall–Kier alpha value is -3.09. The SMILES string of the molecule is O=C(NCCc1ccccn1)C1CC(=O)N(c2ccc3c(c2)OCCO3)C1. The molecule has 7 heteroatoms. The zero-order valence-electron chi connectivity index (χ0n) is 14.9. The van der Waals surface area contributed by atoms with Crippen LogP contribution in [-0.4, -0.2) is 43.1 Å². The molecule has 2 aliphatic heterocycles. The Kier molecular flexibility index (Phi) is 4.91. The van der Waals surface area contributed by atoms with Crippen molar-refractivity contribution < 1.29 is 19.1 Å². The van der Waals surface area contributed by atoms with Gasteiger partial charge in [-0.05, 0) is 24.3 Å². The Morgan fingerprint density at radius 1 is 1.19 bits per heavy atom. The van der Waals surface area contributed by atoms with Crippen LogP contribution in [-0.2, 0) is 16.0 Å². The minimum atomic E-state index is -0.352. The summed E-state index contributed by atoms with van der Waals surface area (Å²) < 4.78 is 11.1. The first-order chi connectivity index (χ1) is 13.2. The van der Waals surface area contributed by atoms with Crippen LogP contribution in [0.15, 0.2) is 42.6 Å². The second kappa shape index (κ2) is 7.65. The predicted octanol–water partition coefficient (Wildman–Crippen LogP) is 1.56. The maximum absolute atomic E-state index is 12.4. The third-order valence-electron chi connectivity index (χ3n) is 4.74. The maximum Gasteiger partial charge on any atom is 0.227 e. The molecule has 2 aromatic rings. The molecule has 2 aliphatic rings. The molecule has 1 fully saturated rings. The molecular weight excluding hydrogens is 346 g/mol. The minimum absolute atomic E-state index is 0.0587. The number of fused-ring (bicyclic) bond motifs is 1. The van der Waals surface area contributed by atoms with Crippen LogP contribution >= 0.6 is 0 Å². The second-order valence-corrected chi connectivity index (χ2v) is 6.60. The van der Waals surface area contributed by atoms with Crippen molar-refractivity contribution in [2.75, 3.05) is 31.2 Å². The van der Waals surface area contributed by atoms with Crippen LogP contribution in [0.1, 0.15) is 12.1 Å². The number of carbonyl (C=O) groups is 2. The zero-order chi connectivity index (χ0) is 18.6. The van der Waals surface area contributed by atoms with Crippen LogP contribution in [0.4, 0.5) is 5.69 Å². The Morgan fingerprint density at radius 3 is 2.85 bits per heavy atom. The lowest BCUT2D eigenvalue weighted by atomic mass is 10.1. The molecule has 1 atom stereocenters. The molecule has 0 bridgehead atoms. The summed E-state index contributed by atoms with van der Waals surface area (Å²) in [5.41, 5.74) is 1.66. The molecule has 1 aromatic carbocycles. The van der Waals surface area contributed by atoms with E-state index >= 15 is 0 Å². The second-order valence-electron chi connectivity index (χ2n) is 6.60. The fourth-order valence-corrected chi connectivity index (χ4v) is 3.34. The van der Waals surface area contributed by atoms with Gasteiger partial charge in [-0.3, -0.25) is 14.6 Å². The first-order valence-corrected chi connectivity index (χ1v) is 9.08. The van der Waals surface area contributed by atoms with Gasteiger partial charge < -0.3 is 19.7 Å². The largest absolute Gasteiger partial charge is 0.486 e. The number of nitrogens with one attached hydrogen (secondary N) is 1. The number of amides is 2. The Bertz CT molecular complexity index is 840.